The highest BCUT2D eigenvalue weighted by atomic mass is 79.9. The van der Waals surface area contributed by atoms with Gasteiger partial charge in [0.25, 0.3) is 0 Å². The quantitative estimate of drug-likeness (QED) is 0.879. The molecule has 0 bridgehead atoms. The molecule has 0 amide bonds. The van der Waals surface area contributed by atoms with Crippen molar-refractivity contribution in [2.75, 3.05) is 6.54 Å². The minimum absolute atomic E-state index is 0.665. The van der Waals surface area contributed by atoms with E-state index in [2.05, 4.69) is 51.5 Å². The maximum absolute atomic E-state index is 4.42. The van der Waals surface area contributed by atoms with E-state index in [-0.39, 0.29) is 0 Å². The third-order valence-corrected chi connectivity index (χ3v) is 4.17. The zero-order chi connectivity index (χ0) is 14.7. The summed E-state index contributed by atoms with van der Waals surface area (Å²) in [6.07, 6.45) is 4.01. The third kappa shape index (κ3) is 3.70. The summed E-state index contributed by atoms with van der Waals surface area (Å²) in [5.41, 5.74) is 3.35. The van der Waals surface area contributed by atoms with Gasteiger partial charge in [-0.05, 0) is 35.3 Å². The molecule has 5 nitrogen and oxygen atoms in total. The van der Waals surface area contributed by atoms with Gasteiger partial charge in [0.2, 0.25) is 0 Å². The van der Waals surface area contributed by atoms with Gasteiger partial charge in [-0.1, -0.05) is 13.8 Å². The molecule has 2 rings (SSSR count). The molecular formula is C14H22BrN5. The Bertz CT molecular complexity index is 570. The first-order chi connectivity index (χ1) is 9.47. The zero-order valence-electron chi connectivity index (χ0n) is 12.5. The first-order valence-corrected chi connectivity index (χ1v) is 7.66. The van der Waals surface area contributed by atoms with E-state index >= 15 is 0 Å². The van der Waals surface area contributed by atoms with Crippen LogP contribution in [0, 0.1) is 12.8 Å². The predicted molar refractivity (Wildman–Crippen MR) is 83.5 cm³/mol. The monoisotopic (exact) mass is 339 g/mol. The molecule has 0 aromatic carbocycles. The van der Waals surface area contributed by atoms with E-state index in [9.17, 15) is 0 Å². The minimum Gasteiger partial charge on any atom is -0.312 e. The van der Waals surface area contributed by atoms with Crippen molar-refractivity contribution >= 4 is 15.9 Å². The van der Waals surface area contributed by atoms with Crippen molar-refractivity contribution < 1.29 is 0 Å². The largest absolute Gasteiger partial charge is 0.312 e. The molecule has 0 saturated carbocycles. The fourth-order valence-corrected chi connectivity index (χ4v) is 2.56. The lowest BCUT2D eigenvalue weighted by Gasteiger charge is -2.05. The lowest BCUT2D eigenvalue weighted by Crippen LogP contribution is -2.18. The van der Waals surface area contributed by atoms with Gasteiger partial charge >= 0.3 is 0 Å². The van der Waals surface area contributed by atoms with Crippen LogP contribution >= 0.6 is 15.9 Å². The highest BCUT2D eigenvalue weighted by molar-refractivity contribution is 9.10. The van der Waals surface area contributed by atoms with Gasteiger partial charge in [0.1, 0.15) is 0 Å². The van der Waals surface area contributed by atoms with E-state index in [0.717, 1.165) is 35.5 Å². The number of hydrogen-bond donors (Lipinski definition) is 1. The van der Waals surface area contributed by atoms with Gasteiger partial charge in [0.15, 0.2) is 0 Å². The maximum Gasteiger partial charge on any atom is 0.0839 e. The van der Waals surface area contributed by atoms with Gasteiger partial charge in [0, 0.05) is 25.4 Å². The van der Waals surface area contributed by atoms with Crippen molar-refractivity contribution in [3.63, 3.8) is 0 Å². The number of halogens is 1. The average Bonchev–Trinajstić information content (AvgIpc) is 2.90. The molecule has 0 aliphatic heterocycles. The smallest absolute Gasteiger partial charge is 0.0839 e. The van der Waals surface area contributed by atoms with E-state index in [1.54, 1.807) is 0 Å². The number of nitrogens with zero attached hydrogens (tertiary/aromatic N) is 4. The van der Waals surface area contributed by atoms with Crippen molar-refractivity contribution in [1.82, 2.24) is 24.9 Å². The summed E-state index contributed by atoms with van der Waals surface area (Å²) < 4.78 is 4.92. The fraction of sp³-hybridized carbons (Fsp3) is 0.571. The van der Waals surface area contributed by atoms with Gasteiger partial charge in [-0.15, -0.1) is 0 Å². The first-order valence-electron chi connectivity index (χ1n) is 6.87. The number of rotatable bonds is 6. The molecule has 0 radical (unpaired) electrons. The van der Waals surface area contributed by atoms with Crippen LogP contribution < -0.4 is 5.32 Å². The Balaban J connectivity index is 1.99. The summed E-state index contributed by atoms with van der Waals surface area (Å²) in [5.74, 6) is 0.665. The van der Waals surface area contributed by atoms with E-state index in [1.165, 1.54) is 5.56 Å². The number of nitrogens with one attached hydrogen (secondary N) is 1. The van der Waals surface area contributed by atoms with Gasteiger partial charge in [-0.25, -0.2) is 0 Å². The van der Waals surface area contributed by atoms with Crippen molar-refractivity contribution in [2.45, 2.75) is 33.9 Å². The zero-order valence-corrected chi connectivity index (χ0v) is 14.1. The highest BCUT2D eigenvalue weighted by Gasteiger charge is 2.11. The number of aryl methyl sites for hydroxylation is 2. The Morgan fingerprint density at radius 1 is 1.40 bits per heavy atom. The predicted octanol–water partition coefficient (Wildman–Crippen LogP) is 2.48. The Kier molecular flexibility index (Phi) is 4.99. The third-order valence-electron chi connectivity index (χ3n) is 3.14. The molecular weight excluding hydrogens is 318 g/mol. The molecule has 2 heterocycles. The molecule has 6 heteroatoms. The molecule has 0 unspecified atom stereocenters. The lowest BCUT2D eigenvalue weighted by atomic mass is 10.2. The summed E-state index contributed by atoms with van der Waals surface area (Å²) in [7, 11) is 1.96. The molecule has 0 aliphatic carbocycles. The molecule has 0 saturated heterocycles. The van der Waals surface area contributed by atoms with E-state index in [1.807, 2.05) is 29.5 Å². The van der Waals surface area contributed by atoms with Crippen LogP contribution in [0.1, 0.15) is 30.8 Å². The molecule has 1 N–H and O–H groups in total. The fourth-order valence-electron chi connectivity index (χ4n) is 2.09. The molecule has 0 atom stereocenters. The minimum atomic E-state index is 0.665. The Hall–Kier alpha value is -1.14. The van der Waals surface area contributed by atoms with Crippen LogP contribution in [0.5, 0.6) is 0 Å². The normalized spacial score (nSPS) is 11.5. The van der Waals surface area contributed by atoms with Crippen molar-refractivity contribution in [1.29, 1.82) is 0 Å². The van der Waals surface area contributed by atoms with Gasteiger partial charge < -0.3 is 5.32 Å². The van der Waals surface area contributed by atoms with E-state index in [4.69, 9.17) is 0 Å². The van der Waals surface area contributed by atoms with Crippen LogP contribution in [0.3, 0.4) is 0 Å². The van der Waals surface area contributed by atoms with Crippen LogP contribution in [0.25, 0.3) is 0 Å². The molecule has 110 valence electrons. The molecule has 2 aromatic heterocycles. The average molecular weight is 340 g/mol. The molecule has 0 aliphatic rings. The summed E-state index contributed by atoms with van der Waals surface area (Å²) in [6, 6.07) is 0. The van der Waals surface area contributed by atoms with Crippen LogP contribution in [0.4, 0.5) is 0 Å². The topological polar surface area (TPSA) is 47.7 Å². The van der Waals surface area contributed by atoms with Crippen LogP contribution in [0.2, 0.25) is 0 Å². The maximum atomic E-state index is 4.42. The standard InChI is InChI=1S/C14H22BrN5/c1-10(2)5-16-6-12-7-17-20(8-12)9-13-14(15)11(3)18-19(13)4/h7-8,10,16H,5-6,9H2,1-4H3. The van der Waals surface area contributed by atoms with Gasteiger partial charge in [-0.2, -0.15) is 10.2 Å². The van der Waals surface area contributed by atoms with Crippen molar-refractivity contribution in [3.05, 3.63) is 33.8 Å². The molecule has 0 spiro atoms. The number of aromatic nitrogens is 4. The molecule has 0 fully saturated rings. The second-order valence-corrected chi connectivity index (χ2v) is 6.33. The number of hydrogen-bond acceptors (Lipinski definition) is 3. The van der Waals surface area contributed by atoms with Gasteiger partial charge in [0.05, 0.1) is 28.6 Å². The Labute approximate surface area is 128 Å². The Morgan fingerprint density at radius 2 is 2.15 bits per heavy atom. The highest BCUT2D eigenvalue weighted by Crippen LogP contribution is 2.20. The SMILES string of the molecule is Cc1nn(C)c(Cn2cc(CNCC(C)C)cn2)c1Br. The Morgan fingerprint density at radius 3 is 2.75 bits per heavy atom. The van der Waals surface area contributed by atoms with E-state index in [0.29, 0.717) is 5.92 Å². The van der Waals surface area contributed by atoms with E-state index < -0.39 is 0 Å². The second-order valence-electron chi connectivity index (χ2n) is 5.54. The summed E-state index contributed by atoms with van der Waals surface area (Å²) in [4.78, 5) is 0. The summed E-state index contributed by atoms with van der Waals surface area (Å²) >= 11 is 3.59. The molecule has 20 heavy (non-hydrogen) atoms. The molecule has 2 aromatic rings. The van der Waals surface area contributed by atoms with Crippen LogP contribution in [0.15, 0.2) is 16.9 Å². The van der Waals surface area contributed by atoms with Crippen LogP contribution in [-0.4, -0.2) is 26.1 Å². The van der Waals surface area contributed by atoms with Crippen molar-refractivity contribution in [2.24, 2.45) is 13.0 Å². The summed E-state index contributed by atoms with van der Waals surface area (Å²) in [6.45, 7) is 9.03. The van der Waals surface area contributed by atoms with Crippen LogP contribution in [-0.2, 0) is 20.1 Å². The second kappa shape index (κ2) is 6.54. The summed E-state index contributed by atoms with van der Waals surface area (Å²) in [5, 5.41) is 12.2. The van der Waals surface area contributed by atoms with Crippen molar-refractivity contribution in [3.8, 4) is 0 Å². The first kappa shape index (κ1) is 15.3. The lowest BCUT2D eigenvalue weighted by molar-refractivity contribution is 0.552. The van der Waals surface area contributed by atoms with Gasteiger partial charge in [-0.3, -0.25) is 9.36 Å².